The maximum absolute atomic E-state index is 5.47. The van der Waals surface area contributed by atoms with Gasteiger partial charge < -0.3 is 15.0 Å². The van der Waals surface area contributed by atoms with Gasteiger partial charge in [0, 0.05) is 24.1 Å². The van der Waals surface area contributed by atoms with Gasteiger partial charge in [-0.3, -0.25) is 0 Å². The molecule has 0 fully saturated rings. The SMILES string of the molecule is CCOc1ccc(Nc2ccnc(N(CC)c3cccc(C)c3)n2)cc1. The van der Waals surface area contributed by atoms with Crippen LogP contribution in [0.5, 0.6) is 5.75 Å². The van der Waals surface area contributed by atoms with Crippen molar-refractivity contribution in [2.45, 2.75) is 20.8 Å². The Bertz CT molecular complexity index is 849. The lowest BCUT2D eigenvalue weighted by Gasteiger charge is -2.21. The largest absolute Gasteiger partial charge is 0.494 e. The Morgan fingerprint density at radius 1 is 1.04 bits per heavy atom. The number of aromatic nitrogens is 2. The van der Waals surface area contributed by atoms with Gasteiger partial charge in [-0.25, -0.2) is 4.98 Å². The van der Waals surface area contributed by atoms with Crippen LogP contribution in [0.3, 0.4) is 0 Å². The fourth-order valence-electron chi connectivity index (χ4n) is 2.73. The Morgan fingerprint density at radius 2 is 1.85 bits per heavy atom. The lowest BCUT2D eigenvalue weighted by Crippen LogP contribution is -2.19. The third-order valence-corrected chi connectivity index (χ3v) is 3.95. The van der Waals surface area contributed by atoms with Gasteiger partial charge in [0.2, 0.25) is 5.95 Å². The molecule has 2 aromatic carbocycles. The smallest absolute Gasteiger partial charge is 0.231 e. The second-order valence-corrected chi connectivity index (χ2v) is 5.91. The first-order valence-electron chi connectivity index (χ1n) is 8.86. The normalized spacial score (nSPS) is 10.4. The molecule has 0 saturated heterocycles. The number of ether oxygens (including phenoxy) is 1. The van der Waals surface area contributed by atoms with Crippen LogP contribution in [0.25, 0.3) is 0 Å². The van der Waals surface area contributed by atoms with Crippen molar-refractivity contribution in [3.8, 4) is 5.75 Å². The molecule has 5 nitrogen and oxygen atoms in total. The first kappa shape index (κ1) is 17.7. The predicted octanol–water partition coefficient (Wildman–Crippen LogP) is 5.09. The maximum Gasteiger partial charge on any atom is 0.231 e. The number of nitrogens with zero attached hydrogens (tertiary/aromatic N) is 3. The molecular weight excluding hydrogens is 324 g/mol. The van der Waals surface area contributed by atoms with E-state index in [1.807, 2.05) is 37.3 Å². The molecule has 3 aromatic rings. The molecule has 0 saturated carbocycles. The third kappa shape index (κ3) is 4.30. The van der Waals surface area contributed by atoms with Crippen LogP contribution in [-0.4, -0.2) is 23.1 Å². The fraction of sp³-hybridized carbons (Fsp3) is 0.238. The van der Waals surface area contributed by atoms with E-state index in [1.165, 1.54) is 5.56 Å². The monoisotopic (exact) mass is 348 g/mol. The number of anilines is 4. The molecular formula is C21H24N4O. The van der Waals surface area contributed by atoms with Crippen LogP contribution in [0.4, 0.5) is 23.1 Å². The Labute approximate surface area is 154 Å². The van der Waals surface area contributed by atoms with Gasteiger partial charge in [-0.1, -0.05) is 12.1 Å². The van der Waals surface area contributed by atoms with Gasteiger partial charge in [0.1, 0.15) is 11.6 Å². The van der Waals surface area contributed by atoms with Crippen LogP contribution in [0.15, 0.2) is 60.8 Å². The van der Waals surface area contributed by atoms with Crippen molar-refractivity contribution in [2.75, 3.05) is 23.4 Å². The van der Waals surface area contributed by atoms with Gasteiger partial charge in [-0.2, -0.15) is 4.98 Å². The number of hydrogen-bond donors (Lipinski definition) is 1. The van der Waals surface area contributed by atoms with Crippen LogP contribution in [0, 0.1) is 6.92 Å². The van der Waals surface area contributed by atoms with E-state index in [0.717, 1.165) is 29.5 Å². The average Bonchev–Trinajstić information content (AvgIpc) is 2.65. The van der Waals surface area contributed by atoms with Crippen LogP contribution in [-0.2, 0) is 0 Å². The molecule has 134 valence electrons. The van der Waals surface area contributed by atoms with Gasteiger partial charge in [-0.05, 0) is 68.8 Å². The minimum Gasteiger partial charge on any atom is -0.494 e. The highest BCUT2D eigenvalue weighted by Crippen LogP contribution is 2.25. The predicted molar refractivity (Wildman–Crippen MR) is 107 cm³/mol. The second kappa shape index (κ2) is 8.34. The molecule has 0 aliphatic rings. The molecule has 5 heteroatoms. The first-order chi connectivity index (χ1) is 12.7. The Hall–Kier alpha value is -3.08. The van der Waals surface area contributed by atoms with E-state index in [-0.39, 0.29) is 0 Å². The number of hydrogen-bond acceptors (Lipinski definition) is 5. The standard InChI is InChI=1S/C21H24N4O/c1-4-25(18-8-6-7-16(3)15-18)21-22-14-13-20(24-21)23-17-9-11-19(12-10-17)26-5-2/h6-15H,4-5H2,1-3H3,(H,22,23,24). The van der Waals surface area contributed by atoms with E-state index in [2.05, 4.69) is 58.3 Å². The molecule has 0 aliphatic heterocycles. The summed E-state index contributed by atoms with van der Waals surface area (Å²) in [6.45, 7) is 7.60. The summed E-state index contributed by atoms with van der Waals surface area (Å²) in [4.78, 5) is 11.2. The minimum atomic E-state index is 0.661. The van der Waals surface area contributed by atoms with Gasteiger partial charge in [-0.15, -0.1) is 0 Å². The van der Waals surface area contributed by atoms with E-state index in [0.29, 0.717) is 12.6 Å². The quantitative estimate of drug-likeness (QED) is 0.645. The number of nitrogens with one attached hydrogen (secondary N) is 1. The summed E-state index contributed by atoms with van der Waals surface area (Å²) in [7, 11) is 0. The zero-order valence-corrected chi connectivity index (χ0v) is 15.4. The van der Waals surface area contributed by atoms with Crippen molar-refractivity contribution in [1.82, 2.24) is 9.97 Å². The molecule has 0 bridgehead atoms. The maximum atomic E-state index is 5.47. The fourth-order valence-corrected chi connectivity index (χ4v) is 2.73. The second-order valence-electron chi connectivity index (χ2n) is 5.91. The number of rotatable bonds is 7. The molecule has 0 spiro atoms. The van der Waals surface area contributed by atoms with Crippen LogP contribution < -0.4 is 15.0 Å². The molecule has 0 amide bonds. The van der Waals surface area contributed by atoms with Crippen molar-refractivity contribution in [3.63, 3.8) is 0 Å². The van der Waals surface area contributed by atoms with Gasteiger partial charge in [0.05, 0.1) is 6.61 Å². The Balaban J connectivity index is 1.80. The van der Waals surface area contributed by atoms with Gasteiger partial charge in [0.15, 0.2) is 0 Å². The zero-order chi connectivity index (χ0) is 18.4. The molecule has 0 aliphatic carbocycles. The summed E-state index contributed by atoms with van der Waals surface area (Å²) < 4.78 is 5.47. The third-order valence-electron chi connectivity index (χ3n) is 3.95. The summed E-state index contributed by atoms with van der Waals surface area (Å²) in [6, 6.07) is 18.1. The van der Waals surface area contributed by atoms with Crippen LogP contribution in [0.2, 0.25) is 0 Å². The summed E-state index contributed by atoms with van der Waals surface area (Å²) in [5, 5.41) is 3.32. The van der Waals surface area contributed by atoms with Gasteiger partial charge in [0.25, 0.3) is 0 Å². The number of aryl methyl sites for hydroxylation is 1. The Morgan fingerprint density at radius 3 is 2.54 bits per heavy atom. The van der Waals surface area contributed by atoms with Crippen LogP contribution >= 0.6 is 0 Å². The highest BCUT2D eigenvalue weighted by Gasteiger charge is 2.11. The zero-order valence-electron chi connectivity index (χ0n) is 15.4. The molecule has 0 unspecified atom stereocenters. The van der Waals surface area contributed by atoms with Crippen molar-refractivity contribution in [2.24, 2.45) is 0 Å². The average molecular weight is 348 g/mol. The van der Waals surface area contributed by atoms with E-state index in [4.69, 9.17) is 4.74 Å². The van der Waals surface area contributed by atoms with Crippen molar-refractivity contribution < 1.29 is 4.74 Å². The summed E-state index contributed by atoms with van der Waals surface area (Å²) in [5.41, 5.74) is 3.26. The molecule has 26 heavy (non-hydrogen) atoms. The van der Waals surface area contributed by atoms with Crippen molar-refractivity contribution in [3.05, 3.63) is 66.4 Å². The molecule has 1 heterocycles. The van der Waals surface area contributed by atoms with E-state index in [9.17, 15) is 0 Å². The lowest BCUT2D eigenvalue weighted by molar-refractivity contribution is 0.340. The van der Waals surface area contributed by atoms with Crippen LogP contribution in [0.1, 0.15) is 19.4 Å². The van der Waals surface area contributed by atoms with E-state index < -0.39 is 0 Å². The molecule has 1 N–H and O–H groups in total. The lowest BCUT2D eigenvalue weighted by atomic mass is 10.2. The van der Waals surface area contributed by atoms with E-state index in [1.54, 1.807) is 6.20 Å². The minimum absolute atomic E-state index is 0.661. The Kier molecular flexibility index (Phi) is 5.69. The molecule has 0 radical (unpaired) electrons. The molecule has 0 atom stereocenters. The molecule has 3 rings (SSSR count). The summed E-state index contributed by atoms with van der Waals surface area (Å²) in [6.07, 6.45) is 1.78. The van der Waals surface area contributed by atoms with E-state index >= 15 is 0 Å². The highest BCUT2D eigenvalue weighted by atomic mass is 16.5. The topological polar surface area (TPSA) is 50.3 Å². The number of benzene rings is 2. The summed E-state index contributed by atoms with van der Waals surface area (Å²) >= 11 is 0. The first-order valence-corrected chi connectivity index (χ1v) is 8.86. The van der Waals surface area contributed by atoms with Crippen molar-refractivity contribution >= 4 is 23.1 Å². The summed E-state index contributed by atoms with van der Waals surface area (Å²) in [5.74, 6) is 2.29. The van der Waals surface area contributed by atoms with Gasteiger partial charge >= 0.3 is 0 Å². The highest BCUT2D eigenvalue weighted by molar-refractivity contribution is 5.62. The molecule has 1 aromatic heterocycles. The van der Waals surface area contributed by atoms with Crippen molar-refractivity contribution in [1.29, 1.82) is 0 Å².